The second-order valence-corrected chi connectivity index (χ2v) is 12.0. The molecule has 0 radical (unpaired) electrons. The van der Waals surface area contributed by atoms with Crippen molar-refractivity contribution in [2.75, 3.05) is 19.2 Å². The third-order valence-corrected chi connectivity index (χ3v) is 8.54. The number of carbonyl (C=O) groups excluding carboxylic acids is 1. The van der Waals surface area contributed by atoms with Crippen LogP contribution in [-0.2, 0) is 11.4 Å². The molecule has 1 aliphatic carbocycles. The van der Waals surface area contributed by atoms with Gasteiger partial charge in [-0.25, -0.2) is 0 Å². The molecule has 3 aliphatic rings. The minimum absolute atomic E-state index is 0.114. The van der Waals surface area contributed by atoms with Gasteiger partial charge in [0.25, 0.3) is 0 Å². The number of methoxy groups -OCH3 is 1. The van der Waals surface area contributed by atoms with Gasteiger partial charge in [-0.05, 0) is 58.0 Å². The van der Waals surface area contributed by atoms with Gasteiger partial charge >= 0.3 is 0 Å². The standard InChI is InChI=1S/C34H30ClNO5/c1-34(2)15-23-31-22-7-5-4-6-19(22)8-10-25(31)36-33(32(23)26(37)16-34)20-9-11-27(28(12-20)38-3)39-17-21-13-29-30(14-24(21)35)41-18-40-29/h4-14,33,36H,15-18H2,1-3H3. The maximum absolute atomic E-state index is 13.8. The molecule has 41 heavy (non-hydrogen) atoms. The fourth-order valence-corrected chi connectivity index (χ4v) is 6.50. The van der Waals surface area contributed by atoms with Crippen LogP contribution in [0.5, 0.6) is 23.0 Å². The molecule has 2 aliphatic heterocycles. The first kappa shape index (κ1) is 25.8. The van der Waals surface area contributed by atoms with Crippen molar-refractivity contribution >= 4 is 39.4 Å². The molecular formula is C34H30ClNO5. The Hall–Kier alpha value is -4.16. The molecule has 0 aromatic heterocycles. The van der Waals surface area contributed by atoms with Crippen LogP contribution in [0.15, 0.2) is 72.3 Å². The van der Waals surface area contributed by atoms with Crippen LogP contribution in [0.25, 0.3) is 16.3 Å². The zero-order chi connectivity index (χ0) is 28.3. The molecule has 0 saturated carbocycles. The van der Waals surface area contributed by atoms with Crippen LogP contribution in [0.4, 0.5) is 5.69 Å². The molecule has 7 rings (SSSR count). The normalized spacial score (nSPS) is 18.5. The molecule has 2 heterocycles. The summed E-state index contributed by atoms with van der Waals surface area (Å²) < 4.78 is 22.8. The van der Waals surface area contributed by atoms with E-state index in [-0.39, 0.29) is 30.6 Å². The summed E-state index contributed by atoms with van der Waals surface area (Å²) in [5, 5.41) is 6.58. The van der Waals surface area contributed by atoms with E-state index in [9.17, 15) is 4.79 Å². The fourth-order valence-electron chi connectivity index (χ4n) is 6.30. The van der Waals surface area contributed by atoms with Gasteiger partial charge in [-0.3, -0.25) is 4.79 Å². The topological polar surface area (TPSA) is 66.0 Å². The number of rotatable bonds is 5. The van der Waals surface area contributed by atoms with Gasteiger partial charge in [0.05, 0.1) is 18.2 Å². The highest BCUT2D eigenvalue weighted by Gasteiger charge is 2.41. The van der Waals surface area contributed by atoms with Crippen molar-refractivity contribution in [1.29, 1.82) is 0 Å². The monoisotopic (exact) mass is 567 g/mol. The molecule has 1 unspecified atom stereocenters. The van der Waals surface area contributed by atoms with Crippen molar-refractivity contribution in [3.8, 4) is 23.0 Å². The number of anilines is 1. The van der Waals surface area contributed by atoms with Gasteiger partial charge in [-0.15, -0.1) is 0 Å². The molecule has 1 N–H and O–H groups in total. The first-order valence-corrected chi connectivity index (χ1v) is 14.1. The largest absolute Gasteiger partial charge is 0.493 e. The summed E-state index contributed by atoms with van der Waals surface area (Å²) >= 11 is 6.46. The Kier molecular flexibility index (Phi) is 6.12. The van der Waals surface area contributed by atoms with E-state index in [0.29, 0.717) is 34.4 Å². The molecule has 208 valence electrons. The third kappa shape index (κ3) is 4.47. The number of halogens is 1. The van der Waals surface area contributed by atoms with Crippen molar-refractivity contribution < 1.29 is 23.7 Å². The highest BCUT2D eigenvalue weighted by Crippen LogP contribution is 2.52. The van der Waals surface area contributed by atoms with E-state index in [4.69, 9.17) is 30.5 Å². The summed E-state index contributed by atoms with van der Waals surface area (Å²) in [6.07, 6.45) is 1.35. The van der Waals surface area contributed by atoms with Crippen molar-refractivity contribution in [3.05, 3.63) is 94.0 Å². The van der Waals surface area contributed by atoms with Crippen LogP contribution in [0.3, 0.4) is 0 Å². The van der Waals surface area contributed by atoms with Crippen LogP contribution in [0.2, 0.25) is 5.02 Å². The predicted octanol–water partition coefficient (Wildman–Crippen LogP) is 8.12. The SMILES string of the molecule is COc1cc(C2Nc3ccc4ccccc4c3C3=C2C(=O)CC(C)(C)C3)ccc1OCc1cc2c(cc1Cl)OCO2. The number of allylic oxidation sites excluding steroid dienone is 1. The summed E-state index contributed by atoms with van der Waals surface area (Å²) in [7, 11) is 1.62. The Morgan fingerprint density at radius 2 is 1.78 bits per heavy atom. The number of hydrogen-bond acceptors (Lipinski definition) is 6. The van der Waals surface area contributed by atoms with E-state index in [0.717, 1.165) is 45.3 Å². The molecular weight excluding hydrogens is 538 g/mol. The number of ketones is 1. The molecule has 1 atom stereocenters. The lowest BCUT2D eigenvalue weighted by Crippen LogP contribution is -2.33. The van der Waals surface area contributed by atoms with E-state index in [1.165, 1.54) is 5.39 Å². The fraction of sp³-hybridized carbons (Fsp3) is 0.265. The van der Waals surface area contributed by atoms with Gasteiger partial charge in [-0.1, -0.05) is 61.8 Å². The van der Waals surface area contributed by atoms with Crippen molar-refractivity contribution in [2.24, 2.45) is 5.41 Å². The highest BCUT2D eigenvalue weighted by molar-refractivity contribution is 6.31. The number of carbonyl (C=O) groups is 1. The molecule has 4 aromatic carbocycles. The summed E-state index contributed by atoms with van der Waals surface area (Å²) in [5.74, 6) is 2.62. The Labute approximate surface area is 243 Å². The second kappa shape index (κ2) is 9.74. The van der Waals surface area contributed by atoms with Crippen molar-refractivity contribution in [3.63, 3.8) is 0 Å². The van der Waals surface area contributed by atoms with Crippen LogP contribution in [0.1, 0.15) is 49.4 Å². The summed E-state index contributed by atoms with van der Waals surface area (Å²) in [5.41, 5.74) is 5.77. The number of benzene rings is 4. The molecule has 0 fully saturated rings. The lowest BCUT2D eigenvalue weighted by atomic mass is 9.68. The molecule has 6 nitrogen and oxygen atoms in total. The minimum atomic E-state index is -0.298. The number of hydrogen-bond donors (Lipinski definition) is 1. The Bertz CT molecular complexity index is 1760. The molecule has 0 bridgehead atoms. The Morgan fingerprint density at radius 3 is 2.61 bits per heavy atom. The number of fused-ring (bicyclic) bond motifs is 5. The van der Waals surface area contributed by atoms with E-state index < -0.39 is 0 Å². The lowest BCUT2D eigenvalue weighted by Gasteiger charge is -2.40. The third-order valence-electron chi connectivity index (χ3n) is 8.19. The smallest absolute Gasteiger partial charge is 0.231 e. The average molecular weight is 568 g/mol. The van der Waals surface area contributed by atoms with E-state index in [1.807, 2.05) is 24.3 Å². The van der Waals surface area contributed by atoms with Crippen LogP contribution in [0, 0.1) is 5.41 Å². The van der Waals surface area contributed by atoms with Crippen molar-refractivity contribution in [2.45, 2.75) is 39.3 Å². The molecule has 0 spiro atoms. The minimum Gasteiger partial charge on any atom is -0.493 e. The first-order valence-electron chi connectivity index (χ1n) is 13.7. The van der Waals surface area contributed by atoms with E-state index >= 15 is 0 Å². The number of ether oxygens (including phenoxy) is 4. The molecule has 0 amide bonds. The van der Waals surface area contributed by atoms with Gasteiger partial charge < -0.3 is 24.3 Å². The average Bonchev–Trinajstić information content (AvgIpc) is 3.41. The molecule has 4 aromatic rings. The van der Waals surface area contributed by atoms with Gasteiger partial charge in [0.1, 0.15) is 6.61 Å². The van der Waals surface area contributed by atoms with Crippen molar-refractivity contribution in [1.82, 2.24) is 0 Å². The number of Topliss-reactive ketones (excluding diaryl/α,β-unsaturated/α-hetero) is 1. The maximum atomic E-state index is 13.8. The van der Waals surface area contributed by atoms with Crippen LogP contribution in [-0.4, -0.2) is 19.7 Å². The second-order valence-electron chi connectivity index (χ2n) is 11.6. The van der Waals surface area contributed by atoms with E-state index in [1.54, 1.807) is 13.2 Å². The van der Waals surface area contributed by atoms with Gasteiger partial charge in [0.15, 0.2) is 28.8 Å². The summed E-state index contributed by atoms with van der Waals surface area (Å²) in [6.45, 7) is 4.77. The quantitative estimate of drug-likeness (QED) is 0.263. The summed E-state index contributed by atoms with van der Waals surface area (Å²) in [6, 6.07) is 21.8. The Morgan fingerprint density at radius 1 is 0.976 bits per heavy atom. The van der Waals surface area contributed by atoms with Gasteiger partial charge in [0.2, 0.25) is 6.79 Å². The molecule has 0 saturated heterocycles. The highest BCUT2D eigenvalue weighted by atomic mass is 35.5. The zero-order valence-corrected chi connectivity index (χ0v) is 23.9. The first-order chi connectivity index (χ1) is 19.8. The molecule has 7 heteroatoms. The maximum Gasteiger partial charge on any atom is 0.231 e. The summed E-state index contributed by atoms with van der Waals surface area (Å²) in [4.78, 5) is 13.8. The zero-order valence-electron chi connectivity index (χ0n) is 23.2. The van der Waals surface area contributed by atoms with Crippen LogP contribution >= 0.6 is 11.6 Å². The van der Waals surface area contributed by atoms with Gasteiger partial charge in [0, 0.05) is 34.9 Å². The Balaban J connectivity index is 1.26. The van der Waals surface area contributed by atoms with Gasteiger partial charge in [-0.2, -0.15) is 0 Å². The number of nitrogens with one attached hydrogen (secondary N) is 1. The van der Waals surface area contributed by atoms with E-state index in [2.05, 4.69) is 55.6 Å². The predicted molar refractivity (Wildman–Crippen MR) is 160 cm³/mol. The van der Waals surface area contributed by atoms with Crippen LogP contribution < -0.4 is 24.3 Å². The lowest BCUT2D eigenvalue weighted by molar-refractivity contribution is -0.118.